The summed E-state index contributed by atoms with van der Waals surface area (Å²) in [6.45, 7) is 5.29. The van der Waals surface area contributed by atoms with Gasteiger partial charge in [0.1, 0.15) is 0 Å². The molecule has 0 aromatic heterocycles. The highest BCUT2D eigenvalue weighted by Crippen LogP contribution is 2.29. The summed E-state index contributed by atoms with van der Waals surface area (Å²) in [6.07, 6.45) is 5.17. The highest BCUT2D eigenvalue weighted by Gasteiger charge is 2.21. The van der Waals surface area contributed by atoms with Crippen LogP contribution in [-0.4, -0.2) is 11.5 Å². The van der Waals surface area contributed by atoms with Gasteiger partial charge in [-0.25, -0.2) is 0 Å². The fraction of sp³-hybridized carbons (Fsp3) is 0.625. The number of hydrogen-bond acceptors (Lipinski definition) is 3. The zero-order valence-electron chi connectivity index (χ0n) is 12.3. The van der Waals surface area contributed by atoms with Crippen molar-refractivity contribution in [3.63, 3.8) is 0 Å². The van der Waals surface area contributed by atoms with Gasteiger partial charge in [0.25, 0.3) is 5.69 Å². The van der Waals surface area contributed by atoms with Crippen LogP contribution in [0.2, 0.25) is 0 Å². The molecule has 1 saturated carbocycles. The number of benzene rings is 1. The first-order valence-electron chi connectivity index (χ1n) is 7.54. The predicted octanol–water partition coefficient (Wildman–Crippen LogP) is 4.07. The van der Waals surface area contributed by atoms with Crippen molar-refractivity contribution in [1.82, 2.24) is 5.32 Å². The van der Waals surface area contributed by atoms with Gasteiger partial charge in [-0.15, -0.1) is 0 Å². The summed E-state index contributed by atoms with van der Waals surface area (Å²) in [6, 6.07) is 7.03. The van der Waals surface area contributed by atoms with Crippen molar-refractivity contribution in [1.29, 1.82) is 0 Å². The molecule has 1 aliphatic rings. The van der Waals surface area contributed by atoms with Gasteiger partial charge in [0.2, 0.25) is 0 Å². The Balaban J connectivity index is 1.92. The van der Waals surface area contributed by atoms with E-state index in [4.69, 9.17) is 0 Å². The van der Waals surface area contributed by atoms with Crippen LogP contribution in [0.3, 0.4) is 0 Å². The van der Waals surface area contributed by atoms with E-state index < -0.39 is 0 Å². The lowest BCUT2D eigenvalue weighted by Gasteiger charge is -2.27. The smallest absolute Gasteiger partial charge is 0.274 e. The van der Waals surface area contributed by atoms with E-state index in [-0.39, 0.29) is 16.7 Å². The Hall–Kier alpha value is -1.42. The summed E-state index contributed by atoms with van der Waals surface area (Å²) in [7, 11) is 0. The van der Waals surface area contributed by atoms with Crippen molar-refractivity contribution in [2.75, 3.05) is 6.54 Å². The Kier molecular flexibility index (Phi) is 5.12. The van der Waals surface area contributed by atoms with E-state index in [0.29, 0.717) is 0 Å². The number of nitrogens with one attached hydrogen (secondary N) is 1. The second kappa shape index (κ2) is 6.84. The van der Waals surface area contributed by atoms with Gasteiger partial charge >= 0.3 is 0 Å². The molecule has 1 aromatic rings. The molecule has 1 fully saturated rings. The van der Waals surface area contributed by atoms with E-state index in [1.807, 2.05) is 19.1 Å². The van der Waals surface area contributed by atoms with E-state index in [0.717, 1.165) is 23.9 Å². The van der Waals surface area contributed by atoms with Gasteiger partial charge in [-0.05, 0) is 38.1 Å². The third kappa shape index (κ3) is 3.79. The number of nitro groups is 1. The van der Waals surface area contributed by atoms with Crippen molar-refractivity contribution in [2.24, 2.45) is 11.8 Å². The molecule has 1 aliphatic carbocycles. The third-order valence-corrected chi connectivity index (χ3v) is 4.45. The SMILES string of the molecule is CC1CCC(CNC(C)c2ccccc2[N+](=O)[O-])CC1. The van der Waals surface area contributed by atoms with Crippen LogP contribution in [-0.2, 0) is 0 Å². The minimum absolute atomic E-state index is 0.0240. The third-order valence-electron chi connectivity index (χ3n) is 4.45. The van der Waals surface area contributed by atoms with Crippen molar-refractivity contribution in [2.45, 2.75) is 45.6 Å². The number of nitro benzene ring substituents is 1. The lowest BCUT2D eigenvalue weighted by atomic mass is 9.83. The molecule has 110 valence electrons. The van der Waals surface area contributed by atoms with Crippen LogP contribution < -0.4 is 5.32 Å². The monoisotopic (exact) mass is 276 g/mol. The molecular weight excluding hydrogens is 252 g/mol. The largest absolute Gasteiger partial charge is 0.310 e. The van der Waals surface area contributed by atoms with Crippen LogP contribution in [0.15, 0.2) is 24.3 Å². The summed E-state index contributed by atoms with van der Waals surface area (Å²) >= 11 is 0. The normalized spacial score (nSPS) is 24.3. The fourth-order valence-corrected chi connectivity index (χ4v) is 3.01. The highest BCUT2D eigenvalue weighted by atomic mass is 16.6. The van der Waals surface area contributed by atoms with E-state index >= 15 is 0 Å². The molecule has 4 heteroatoms. The number of nitrogens with zero attached hydrogens (tertiary/aromatic N) is 1. The first-order chi connectivity index (χ1) is 9.58. The molecule has 0 heterocycles. The Morgan fingerprint density at radius 2 is 1.95 bits per heavy atom. The van der Waals surface area contributed by atoms with E-state index in [1.165, 1.54) is 25.7 Å². The zero-order chi connectivity index (χ0) is 14.5. The average molecular weight is 276 g/mol. The van der Waals surface area contributed by atoms with Crippen molar-refractivity contribution in [3.05, 3.63) is 39.9 Å². The van der Waals surface area contributed by atoms with Gasteiger partial charge in [-0.2, -0.15) is 0 Å². The molecule has 1 aromatic carbocycles. The van der Waals surface area contributed by atoms with Crippen molar-refractivity contribution < 1.29 is 4.92 Å². The fourth-order valence-electron chi connectivity index (χ4n) is 3.01. The molecule has 20 heavy (non-hydrogen) atoms. The van der Waals surface area contributed by atoms with Gasteiger partial charge in [-0.3, -0.25) is 10.1 Å². The molecule has 0 radical (unpaired) electrons. The molecule has 0 saturated heterocycles. The molecule has 1 unspecified atom stereocenters. The van der Waals surface area contributed by atoms with Crippen LogP contribution in [0.4, 0.5) is 5.69 Å². The Morgan fingerprint density at radius 3 is 2.60 bits per heavy atom. The molecule has 1 N–H and O–H groups in total. The average Bonchev–Trinajstić information content (AvgIpc) is 2.46. The highest BCUT2D eigenvalue weighted by molar-refractivity contribution is 5.41. The molecule has 0 amide bonds. The quantitative estimate of drug-likeness (QED) is 0.651. The van der Waals surface area contributed by atoms with Crippen LogP contribution in [0, 0.1) is 22.0 Å². The first kappa shape index (κ1) is 15.0. The Morgan fingerprint density at radius 1 is 1.30 bits per heavy atom. The number of rotatable bonds is 5. The van der Waals surface area contributed by atoms with Crippen molar-refractivity contribution in [3.8, 4) is 0 Å². The van der Waals surface area contributed by atoms with E-state index in [2.05, 4.69) is 12.2 Å². The molecule has 0 spiro atoms. The second-order valence-electron chi connectivity index (χ2n) is 6.07. The summed E-state index contributed by atoms with van der Waals surface area (Å²) < 4.78 is 0. The molecule has 0 aliphatic heterocycles. The minimum Gasteiger partial charge on any atom is -0.310 e. The second-order valence-corrected chi connectivity index (χ2v) is 6.07. The standard InChI is InChI=1S/C16H24N2O2/c1-12-7-9-14(10-8-12)11-17-13(2)15-5-3-4-6-16(15)18(19)20/h3-6,12-14,17H,7-11H2,1-2H3. The van der Waals surface area contributed by atoms with E-state index in [1.54, 1.807) is 12.1 Å². The minimum atomic E-state index is -0.296. The molecular formula is C16H24N2O2. The predicted molar refractivity (Wildman–Crippen MR) is 80.6 cm³/mol. The van der Waals surface area contributed by atoms with Gasteiger partial charge < -0.3 is 5.32 Å². The Labute approximate surface area is 120 Å². The number of hydrogen-bond donors (Lipinski definition) is 1. The lowest BCUT2D eigenvalue weighted by Crippen LogP contribution is -2.28. The molecule has 0 bridgehead atoms. The van der Waals surface area contributed by atoms with E-state index in [9.17, 15) is 10.1 Å². The molecule has 1 atom stereocenters. The van der Waals surface area contributed by atoms with Gasteiger partial charge in [-0.1, -0.05) is 38.0 Å². The molecule has 4 nitrogen and oxygen atoms in total. The zero-order valence-corrected chi connectivity index (χ0v) is 12.3. The van der Waals surface area contributed by atoms with Crippen LogP contribution in [0.1, 0.15) is 51.1 Å². The van der Waals surface area contributed by atoms with Gasteiger partial charge in [0, 0.05) is 17.7 Å². The first-order valence-corrected chi connectivity index (χ1v) is 7.54. The van der Waals surface area contributed by atoms with Crippen LogP contribution in [0.25, 0.3) is 0 Å². The maximum absolute atomic E-state index is 11.0. The van der Waals surface area contributed by atoms with Crippen LogP contribution >= 0.6 is 0 Å². The maximum atomic E-state index is 11.0. The summed E-state index contributed by atoms with van der Waals surface area (Å²) in [4.78, 5) is 10.8. The van der Waals surface area contributed by atoms with Crippen molar-refractivity contribution >= 4 is 5.69 Å². The summed E-state index contributed by atoms with van der Waals surface area (Å²) in [5.41, 5.74) is 0.992. The molecule has 2 rings (SSSR count). The van der Waals surface area contributed by atoms with Gasteiger partial charge in [0.15, 0.2) is 0 Å². The number of para-hydroxylation sites is 1. The summed E-state index contributed by atoms with van der Waals surface area (Å²) in [5, 5.41) is 14.5. The topological polar surface area (TPSA) is 55.2 Å². The van der Waals surface area contributed by atoms with Gasteiger partial charge in [0.05, 0.1) is 4.92 Å². The Bertz CT molecular complexity index is 454. The maximum Gasteiger partial charge on any atom is 0.274 e. The summed E-state index contributed by atoms with van der Waals surface area (Å²) in [5.74, 6) is 1.58. The lowest BCUT2D eigenvalue weighted by molar-refractivity contribution is -0.385. The van der Waals surface area contributed by atoms with Crippen LogP contribution in [0.5, 0.6) is 0 Å².